The van der Waals surface area contributed by atoms with Gasteiger partial charge in [-0.3, -0.25) is 10.1 Å². The first-order valence-corrected chi connectivity index (χ1v) is 7.58. The van der Waals surface area contributed by atoms with Crippen molar-refractivity contribution in [1.29, 1.82) is 0 Å². The van der Waals surface area contributed by atoms with Gasteiger partial charge in [0.15, 0.2) is 9.76 Å². The molecule has 18 heavy (non-hydrogen) atoms. The van der Waals surface area contributed by atoms with E-state index in [1.165, 1.54) is 12.5 Å². The highest BCUT2D eigenvalue weighted by Gasteiger charge is 2.16. The lowest BCUT2D eigenvalue weighted by molar-refractivity contribution is -0.385. The Morgan fingerprint density at radius 2 is 2.28 bits per heavy atom. The highest BCUT2D eigenvalue weighted by atomic mass is 28.2. The Labute approximate surface area is 108 Å². The summed E-state index contributed by atoms with van der Waals surface area (Å²) in [7, 11) is -0.764. The molecule has 0 amide bonds. The molecule has 1 atom stereocenters. The summed E-state index contributed by atoms with van der Waals surface area (Å²) in [6.07, 6.45) is 3.41. The Morgan fingerprint density at radius 1 is 1.44 bits per heavy atom. The van der Waals surface area contributed by atoms with Crippen LogP contribution in [0.5, 0.6) is 0 Å². The molecular weight excluding hydrogens is 250 g/mol. The van der Waals surface area contributed by atoms with Crippen molar-refractivity contribution in [1.82, 2.24) is 0 Å². The average molecular weight is 267 g/mol. The molecule has 0 bridgehead atoms. The van der Waals surface area contributed by atoms with Crippen LogP contribution in [0.2, 0.25) is 0 Å². The van der Waals surface area contributed by atoms with Crippen LogP contribution < -0.4 is 0 Å². The molecule has 0 aromatic heterocycles. The highest BCUT2D eigenvalue weighted by molar-refractivity contribution is 6.29. The summed E-state index contributed by atoms with van der Waals surface area (Å²) in [5.41, 5.74) is 1.06. The summed E-state index contributed by atoms with van der Waals surface area (Å²) in [6.45, 7) is 1.15. The third-order valence-corrected chi connectivity index (χ3v) is 4.48. The second kappa shape index (κ2) is 6.63. The van der Waals surface area contributed by atoms with E-state index in [-0.39, 0.29) is 16.3 Å². The van der Waals surface area contributed by atoms with Crippen molar-refractivity contribution in [3.63, 3.8) is 0 Å². The molecule has 1 aliphatic heterocycles. The zero-order chi connectivity index (χ0) is 12.8. The minimum Gasteiger partial charge on any atom is -0.417 e. The molecule has 1 heterocycles. The number of benzene rings is 1. The van der Waals surface area contributed by atoms with Crippen molar-refractivity contribution in [3.05, 3.63) is 39.9 Å². The third-order valence-electron chi connectivity index (χ3n) is 3.02. The van der Waals surface area contributed by atoms with E-state index in [4.69, 9.17) is 9.16 Å². The molecule has 1 aliphatic rings. The molecule has 0 radical (unpaired) electrons. The molecule has 1 aromatic carbocycles. The minimum absolute atomic E-state index is 0.135. The lowest BCUT2D eigenvalue weighted by Gasteiger charge is -2.21. The summed E-state index contributed by atoms with van der Waals surface area (Å²) in [5.74, 6) is 0. The Hall–Kier alpha value is -1.24. The van der Waals surface area contributed by atoms with Crippen molar-refractivity contribution in [2.75, 3.05) is 6.61 Å². The SMILES string of the molecule is O=[N+]([O-])c1ccccc1CO[SiH2]C1CCCCO1. The fourth-order valence-corrected chi connectivity index (χ4v) is 3.37. The molecule has 0 saturated carbocycles. The Kier molecular flexibility index (Phi) is 4.86. The van der Waals surface area contributed by atoms with Crippen molar-refractivity contribution in [2.45, 2.75) is 31.6 Å². The number of ether oxygens (including phenoxy) is 1. The second-order valence-electron chi connectivity index (χ2n) is 4.39. The molecule has 98 valence electrons. The van der Waals surface area contributed by atoms with Gasteiger partial charge in [-0.15, -0.1) is 0 Å². The molecule has 1 fully saturated rings. The summed E-state index contributed by atoms with van der Waals surface area (Å²) in [5, 5.41) is 10.8. The Bertz CT molecular complexity index is 407. The zero-order valence-electron chi connectivity index (χ0n) is 10.2. The van der Waals surface area contributed by atoms with Crippen LogP contribution in [0.1, 0.15) is 24.8 Å². The van der Waals surface area contributed by atoms with Crippen molar-refractivity contribution < 1.29 is 14.1 Å². The Balaban J connectivity index is 1.84. The summed E-state index contributed by atoms with van der Waals surface area (Å²) in [4.78, 5) is 10.5. The van der Waals surface area contributed by atoms with Gasteiger partial charge in [0.1, 0.15) is 0 Å². The van der Waals surface area contributed by atoms with Gasteiger partial charge in [-0.05, 0) is 25.3 Å². The standard InChI is InChI=1S/C12H17NO4Si/c14-13(15)11-6-2-1-5-10(11)9-17-18-12-7-3-4-8-16-12/h1-2,5-6,12H,3-4,7-9,18H2. The van der Waals surface area contributed by atoms with Gasteiger partial charge < -0.3 is 9.16 Å². The fourth-order valence-electron chi connectivity index (χ4n) is 2.05. The number of hydrogen-bond donors (Lipinski definition) is 0. The van der Waals surface area contributed by atoms with Gasteiger partial charge in [0, 0.05) is 12.7 Å². The number of hydrogen-bond acceptors (Lipinski definition) is 4. The molecule has 1 saturated heterocycles. The number of para-hydroxylation sites is 1. The van der Waals surface area contributed by atoms with E-state index in [0.717, 1.165) is 19.4 Å². The summed E-state index contributed by atoms with van der Waals surface area (Å²) >= 11 is 0. The molecule has 1 aromatic rings. The van der Waals surface area contributed by atoms with E-state index in [2.05, 4.69) is 0 Å². The van der Waals surface area contributed by atoms with Gasteiger partial charge >= 0.3 is 0 Å². The zero-order valence-corrected chi connectivity index (χ0v) is 11.6. The smallest absolute Gasteiger partial charge is 0.274 e. The average Bonchev–Trinajstić information content (AvgIpc) is 2.40. The maximum Gasteiger partial charge on any atom is 0.274 e. The molecule has 5 nitrogen and oxygen atoms in total. The van der Waals surface area contributed by atoms with Gasteiger partial charge in [0.2, 0.25) is 0 Å². The monoisotopic (exact) mass is 267 g/mol. The lowest BCUT2D eigenvalue weighted by Crippen LogP contribution is -2.27. The molecule has 0 aliphatic carbocycles. The number of nitro groups is 1. The number of rotatable bonds is 5. The predicted molar refractivity (Wildman–Crippen MR) is 70.0 cm³/mol. The van der Waals surface area contributed by atoms with Gasteiger partial charge in [-0.25, -0.2) is 0 Å². The van der Waals surface area contributed by atoms with Gasteiger partial charge in [0.25, 0.3) is 5.69 Å². The first-order valence-electron chi connectivity index (χ1n) is 6.19. The maximum absolute atomic E-state index is 10.8. The normalized spacial score (nSPS) is 20.3. The number of nitrogens with zero attached hydrogens (tertiary/aromatic N) is 1. The van der Waals surface area contributed by atoms with Crippen LogP contribution >= 0.6 is 0 Å². The van der Waals surface area contributed by atoms with Crippen molar-refractivity contribution in [2.24, 2.45) is 0 Å². The molecule has 2 rings (SSSR count). The maximum atomic E-state index is 10.8. The summed E-state index contributed by atoms with van der Waals surface area (Å²) < 4.78 is 11.3. The van der Waals surface area contributed by atoms with Gasteiger partial charge in [-0.1, -0.05) is 12.1 Å². The van der Waals surface area contributed by atoms with Crippen molar-refractivity contribution in [3.8, 4) is 0 Å². The molecule has 1 unspecified atom stereocenters. The van der Waals surface area contributed by atoms with E-state index in [1.54, 1.807) is 18.2 Å². The highest BCUT2D eigenvalue weighted by Crippen LogP contribution is 2.19. The molecule has 6 heteroatoms. The molecule has 0 N–H and O–H groups in total. The molecular formula is C12H17NO4Si. The van der Waals surface area contributed by atoms with Crippen LogP contribution in [0.4, 0.5) is 5.69 Å². The van der Waals surface area contributed by atoms with E-state index in [1.807, 2.05) is 0 Å². The molecule has 0 spiro atoms. The van der Waals surface area contributed by atoms with Crippen LogP contribution in [0.25, 0.3) is 0 Å². The second-order valence-corrected chi connectivity index (χ2v) is 6.04. The first kappa shape index (κ1) is 13.2. The van der Waals surface area contributed by atoms with Crippen LogP contribution in [0.3, 0.4) is 0 Å². The van der Waals surface area contributed by atoms with Crippen LogP contribution in [0.15, 0.2) is 24.3 Å². The van der Waals surface area contributed by atoms with Gasteiger partial charge in [0.05, 0.1) is 22.8 Å². The van der Waals surface area contributed by atoms with Crippen LogP contribution in [-0.2, 0) is 15.8 Å². The lowest BCUT2D eigenvalue weighted by atomic mass is 10.2. The van der Waals surface area contributed by atoms with E-state index < -0.39 is 9.76 Å². The topological polar surface area (TPSA) is 61.6 Å². The minimum atomic E-state index is -0.764. The van der Waals surface area contributed by atoms with E-state index >= 15 is 0 Å². The largest absolute Gasteiger partial charge is 0.417 e. The number of nitro benzene ring substituents is 1. The van der Waals surface area contributed by atoms with Crippen LogP contribution in [-0.4, -0.2) is 27.0 Å². The van der Waals surface area contributed by atoms with E-state index in [0.29, 0.717) is 12.2 Å². The fraction of sp³-hybridized carbons (Fsp3) is 0.500. The van der Waals surface area contributed by atoms with Crippen LogP contribution in [0, 0.1) is 10.1 Å². The Morgan fingerprint density at radius 3 is 3.00 bits per heavy atom. The predicted octanol–water partition coefficient (Wildman–Crippen LogP) is 1.72. The third kappa shape index (κ3) is 3.62. The summed E-state index contributed by atoms with van der Waals surface area (Å²) in [6, 6.07) is 6.72. The van der Waals surface area contributed by atoms with Crippen molar-refractivity contribution >= 4 is 15.5 Å². The van der Waals surface area contributed by atoms with Gasteiger partial charge in [-0.2, -0.15) is 0 Å². The van der Waals surface area contributed by atoms with E-state index in [9.17, 15) is 10.1 Å². The quantitative estimate of drug-likeness (QED) is 0.463. The first-order chi connectivity index (χ1) is 8.77.